The molecule has 0 aromatic heterocycles. The summed E-state index contributed by atoms with van der Waals surface area (Å²) in [6.45, 7) is 1.75. The van der Waals surface area contributed by atoms with Crippen molar-refractivity contribution in [1.29, 1.82) is 0 Å². The second-order valence-corrected chi connectivity index (χ2v) is 8.82. The molecule has 0 spiro atoms. The number of quaternary nitrogens is 2. The summed E-state index contributed by atoms with van der Waals surface area (Å²) in [7, 11) is 0. The standard InChI is InChI=1S/C26H22Br2N2/c27-25-15-21(13-23(17-25)8-10-29)6-4-19-2-1-3-20(12-19)5-7-22-14-24(9-11-30)18-26(28)16-22/h1-3,12-18H,8-11,29-30H2/p+2. The number of rotatable bonds is 4. The van der Waals surface area contributed by atoms with Gasteiger partial charge in [-0.15, -0.1) is 0 Å². The van der Waals surface area contributed by atoms with Gasteiger partial charge in [-0.3, -0.25) is 0 Å². The Labute approximate surface area is 195 Å². The molecular weight excluding hydrogens is 500 g/mol. The first-order chi connectivity index (χ1) is 14.6. The van der Waals surface area contributed by atoms with Gasteiger partial charge in [0.05, 0.1) is 13.1 Å². The fraction of sp³-hybridized carbons (Fsp3) is 0.154. The van der Waals surface area contributed by atoms with Gasteiger partial charge in [0, 0.05) is 44.0 Å². The Bertz CT molecular complexity index is 1070. The van der Waals surface area contributed by atoms with Gasteiger partial charge in [-0.25, -0.2) is 0 Å². The molecular formula is C26H24Br2N2+2. The van der Waals surface area contributed by atoms with Crippen LogP contribution in [0.1, 0.15) is 33.4 Å². The van der Waals surface area contributed by atoms with Crippen LogP contribution in [0.4, 0.5) is 0 Å². The molecule has 0 unspecified atom stereocenters. The molecule has 0 heterocycles. The molecule has 3 aromatic rings. The van der Waals surface area contributed by atoms with E-state index in [9.17, 15) is 0 Å². The van der Waals surface area contributed by atoms with Crippen molar-refractivity contribution in [1.82, 2.24) is 0 Å². The van der Waals surface area contributed by atoms with E-state index in [2.05, 4.69) is 91.3 Å². The van der Waals surface area contributed by atoms with Gasteiger partial charge >= 0.3 is 0 Å². The second kappa shape index (κ2) is 11.2. The summed E-state index contributed by atoms with van der Waals surface area (Å²) < 4.78 is 2.09. The summed E-state index contributed by atoms with van der Waals surface area (Å²) in [4.78, 5) is 0. The third-order valence-electron chi connectivity index (χ3n) is 4.41. The van der Waals surface area contributed by atoms with Crippen LogP contribution in [-0.2, 0) is 12.8 Å². The zero-order valence-corrected chi connectivity index (χ0v) is 19.9. The lowest BCUT2D eigenvalue weighted by Gasteiger charge is -2.01. The molecule has 6 N–H and O–H groups in total. The van der Waals surface area contributed by atoms with Gasteiger partial charge in [0.2, 0.25) is 0 Å². The molecule has 2 nitrogen and oxygen atoms in total. The Morgan fingerprint density at radius 3 is 1.43 bits per heavy atom. The lowest BCUT2D eigenvalue weighted by Crippen LogP contribution is -2.51. The predicted molar refractivity (Wildman–Crippen MR) is 130 cm³/mol. The van der Waals surface area contributed by atoms with Gasteiger partial charge in [0.15, 0.2) is 0 Å². The summed E-state index contributed by atoms with van der Waals surface area (Å²) in [6.07, 6.45) is 1.90. The molecule has 3 rings (SSSR count). The second-order valence-electron chi connectivity index (χ2n) is 6.98. The molecule has 30 heavy (non-hydrogen) atoms. The third-order valence-corrected chi connectivity index (χ3v) is 5.33. The maximum Gasteiger partial charge on any atom is 0.0780 e. The maximum absolute atomic E-state index is 3.93. The average Bonchev–Trinajstić information content (AvgIpc) is 2.71. The normalized spacial score (nSPS) is 10.0. The first-order valence-corrected chi connectivity index (χ1v) is 11.5. The topological polar surface area (TPSA) is 55.3 Å². The van der Waals surface area contributed by atoms with Gasteiger partial charge < -0.3 is 11.5 Å². The molecule has 150 valence electrons. The van der Waals surface area contributed by atoms with Crippen LogP contribution in [0.25, 0.3) is 0 Å². The largest absolute Gasteiger partial charge is 0.357 e. The van der Waals surface area contributed by atoms with Crippen molar-refractivity contribution >= 4 is 31.9 Å². The van der Waals surface area contributed by atoms with Crippen molar-refractivity contribution in [3.05, 3.63) is 103 Å². The molecule has 0 amide bonds. The van der Waals surface area contributed by atoms with Gasteiger partial charge in [-0.1, -0.05) is 61.6 Å². The summed E-state index contributed by atoms with van der Waals surface area (Å²) in [6, 6.07) is 20.6. The lowest BCUT2D eigenvalue weighted by atomic mass is 10.1. The Kier molecular flexibility index (Phi) is 8.31. The first-order valence-electron chi connectivity index (χ1n) is 9.87. The SMILES string of the molecule is [NH3+]CCc1cc(Br)cc(C#Cc2cccc(C#Cc3cc(Br)cc(CC[NH3+])c3)c2)c1. The van der Waals surface area contributed by atoms with Crippen LogP contribution < -0.4 is 11.5 Å². The fourth-order valence-corrected chi connectivity index (χ4v) is 4.19. The Morgan fingerprint density at radius 1 is 0.567 bits per heavy atom. The van der Waals surface area contributed by atoms with Gasteiger partial charge in [0.25, 0.3) is 0 Å². The molecule has 0 bridgehead atoms. The zero-order valence-electron chi connectivity index (χ0n) is 16.8. The van der Waals surface area contributed by atoms with Crippen LogP contribution in [0.3, 0.4) is 0 Å². The molecule has 0 radical (unpaired) electrons. The molecule has 4 heteroatoms. The molecule has 0 aliphatic heterocycles. The van der Waals surface area contributed by atoms with Crippen molar-refractivity contribution in [3.63, 3.8) is 0 Å². The number of halogens is 2. The molecule has 0 aliphatic rings. The van der Waals surface area contributed by atoms with Crippen molar-refractivity contribution in [2.75, 3.05) is 13.1 Å². The van der Waals surface area contributed by atoms with Crippen LogP contribution in [0.15, 0.2) is 69.6 Å². The monoisotopic (exact) mass is 522 g/mol. The highest BCUT2D eigenvalue weighted by molar-refractivity contribution is 9.10. The lowest BCUT2D eigenvalue weighted by molar-refractivity contribution is -0.367. The van der Waals surface area contributed by atoms with Gasteiger partial charge in [-0.2, -0.15) is 0 Å². The number of benzene rings is 3. The van der Waals surface area contributed by atoms with E-state index in [0.29, 0.717) is 0 Å². The van der Waals surface area contributed by atoms with Crippen LogP contribution in [-0.4, -0.2) is 13.1 Å². The highest BCUT2D eigenvalue weighted by atomic mass is 79.9. The third kappa shape index (κ3) is 6.87. The highest BCUT2D eigenvalue weighted by Crippen LogP contribution is 2.17. The Morgan fingerprint density at radius 2 is 1.00 bits per heavy atom. The molecule has 0 saturated carbocycles. The first kappa shape index (κ1) is 22.3. The van der Waals surface area contributed by atoms with Crippen LogP contribution in [0.5, 0.6) is 0 Å². The minimum atomic E-state index is 0.874. The number of hydrogen-bond acceptors (Lipinski definition) is 0. The predicted octanol–water partition coefficient (Wildman–Crippen LogP) is 3.58. The zero-order chi connectivity index (χ0) is 21.3. The van der Waals surface area contributed by atoms with Crippen LogP contribution in [0.2, 0.25) is 0 Å². The quantitative estimate of drug-likeness (QED) is 0.491. The van der Waals surface area contributed by atoms with Crippen LogP contribution >= 0.6 is 31.9 Å². The van der Waals surface area contributed by atoms with Crippen molar-refractivity contribution in [3.8, 4) is 23.7 Å². The van der Waals surface area contributed by atoms with Gasteiger partial charge in [-0.05, 0) is 65.7 Å². The van der Waals surface area contributed by atoms with E-state index >= 15 is 0 Å². The van der Waals surface area contributed by atoms with E-state index in [1.807, 2.05) is 36.4 Å². The van der Waals surface area contributed by atoms with E-state index in [-0.39, 0.29) is 0 Å². The molecule has 0 aliphatic carbocycles. The summed E-state index contributed by atoms with van der Waals surface area (Å²) >= 11 is 7.14. The van der Waals surface area contributed by atoms with E-state index in [1.165, 1.54) is 11.1 Å². The smallest absolute Gasteiger partial charge is 0.0780 e. The maximum atomic E-state index is 3.93. The van der Waals surface area contributed by atoms with E-state index < -0.39 is 0 Å². The van der Waals surface area contributed by atoms with Crippen LogP contribution in [0, 0.1) is 23.7 Å². The summed E-state index contributed by atoms with van der Waals surface area (Å²) in [5, 5.41) is 0. The Hall–Kier alpha value is -2.34. The molecule has 0 saturated heterocycles. The molecule has 0 atom stereocenters. The molecule has 3 aromatic carbocycles. The number of hydrogen-bond donors (Lipinski definition) is 2. The van der Waals surface area contributed by atoms with Crippen molar-refractivity contribution in [2.45, 2.75) is 12.8 Å². The minimum Gasteiger partial charge on any atom is -0.357 e. The summed E-state index contributed by atoms with van der Waals surface area (Å²) in [5.41, 5.74) is 14.3. The van der Waals surface area contributed by atoms with E-state index in [1.54, 1.807) is 0 Å². The fourth-order valence-electron chi connectivity index (χ4n) is 3.11. The Balaban J connectivity index is 1.82. The minimum absolute atomic E-state index is 0.874. The van der Waals surface area contributed by atoms with Gasteiger partial charge in [0.1, 0.15) is 0 Å². The van der Waals surface area contributed by atoms with Crippen molar-refractivity contribution < 1.29 is 11.5 Å². The molecule has 0 fully saturated rings. The summed E-state index contributed by atoms with van der Waals surface area (Å²) in [5.74, 6) is 13.1. The highest BCUT2D eigenvalue weighted by Gasteiger charge is 2.00. The van der Waals surface area contributed by atoms with E-state index in [0.717, 1.165) is 57.1 Å². The van der Waals surface area contributed by atoms with E-state index in [4.69, 9.17) is 0 Å². The van der Waals surface area contributed by atoms with Crippen molar-refractivity contribution in [2.24, 2.45) is 0 Å². The average molecular weight is 524 g/mol.